The Hall–Kier alpha value is -4.47. The molecule has 2 aliphatic heterocycles. The fourth-order valence-electron chi connectivity index (χ4n) is 5.60. The van der Waals surface area contributed by atoms with Gasteiger partial charge in [-0.05, 0) is 47.5 Å². The first-order chi connectivity index (χ1) is 18.5. The number of ether oxygens (including phenoxy) is 7. The minimum Gasteiger partial charge on any atom is -0.493 e. The summed E-state index contributed by atoms with van der Waals surface area (Å²) in [5, 5.41) is 0. The smallest absolute Gasteiger partial charge is 0.357 e. The van der Waals surface area contributed by atoms with Gasteiger partial charge in [-0.15, -0.1) is 0 Å². The number of methoxy groups -OCH3 is 3. The van der Waals surface area contributed by atoms with Crippen molar-refractivity contribution >= 4 is 11.9 Å². The van der Waals surface area contributed by atoms with Gasteiger partial charge in [0.15, 0.2) is 23.0 Å². The molecule has 1 saturated heterocycles. The van der Waals surface area contributed by atoms with Crippen molar-refractivity contribution in [3.63, 3.8) is 0 Å². The number of hydrogen-bond acceptors (Lipinski definition) is 10. The normalized spacial score (nSPS) is 22.7. The quantitative estimate of drug-likeness (QED) is 0.447. The summed E-state index contributed by atoms with van der Waals surface area (Å²) in [5.41, 5.74) is 2.38. The van der Waals surface area contributed by atoms with E-state index in [0.29, 0.717) is 34.3 Å². The van der Waals surface area contributed by atoms with E-state index in [4.69, 9.17) is 33.2 Å². The lowest BCUT2D eigenvalue weighted by atomic mass is 9.66. The second-order valence-corrected chi connectivity index (χ2v) is 9.13. The van der Waals surface area contributed by atoms with Crippen molar-refractivity contribution < 1.29 is 42.7 Å². The molecule has 6 rings (SSSR count). The second kappa shape index (κ2) is 9.44. The Labute approximate surface area is 218 Å². The first-order valence-corrected chi connectivity index (χ1v) is 12.1. The van der Waals surface area contributed by atoms with Gasteiger partial charge in [-0.25, -0.2) is 9.78 Å². The lowest BCUT2D eigenvalue weighted by Gasteiger charge is -2.38. The van der Waals surface area contributed by atoms with Gasteiger partial charge in [-0.3, -0.25) is 4.79 Å². The van der Waals surface area contributed by atoms with E-state index in [-0.39, 0.29) is 25.1 Å². The van der Waals surface area contributed by atoms with E-state index >= 15 is 0 Å². The van der Waals surface area contributed by atoms with Crippen LogP contribution in [0.15, 0.2) is 48.7 Å². The topological polar surface area (TPSA) is 112 Å². The lowest BCUT2D eigenvalue weighted by Crippen LogP contribution is -2.36. The van der Waals surface area contributed by atoms with Crippen LogP contribution in [0.25, 0.3) is 0 Å². The van der Waals surface area contributed by atoms with Gasteiger partial charge in [0.1, 0.15) is 11.8 Å². The number of cyclic esters (lactones) is 1. The van der Waals surface area contributed by atoms with Crippen molar-refractivity contribution in [3.8, 4) is 28.7 Å². The molecule has 196 valence electrons. The lowest BCUT2D eigenvalue weighted by molar-refractivity contribution is -0.141. The molecule has 1 fully saturated rings. The molecule has 2 aromatic carbocycles. The van der Waals surface area contributed by atoms with Crippen LogP contribution >= 0.6 is 0 Å². The van der Waals surface area contributed by atoms with E-state index < -0.39 is 29.8 Å². The Balaban J connectivity index is 1.53. The third-order valence-corrected chi connectivity index (χ3v) is 7.27. The third kappa shape index (κ3) is 3.75. The van der Waals surface area contributed by atoms with Gasteiger partial charge in [0.2, 0.25) is 12.5 Å². The fraction of sp³-hybridized carbons (Fsp3) is 0.321. The third-order valence-electron chi connectivity index (χ3n) is 7.27. The van der Waals surface area contributed by atoms with E-state index in [2.05, 4.69) is 4.98 Å². The number of fused-ring (bicyclic) bond motifs is 3. The van der Waals surface area contributed by atoms with Gasteiger partial charge < -0.3 is 33.2 Å². The second-order valence-electron chi connectivity index (χ2n) is 9.13. The summed E-state index contributed by atoms with van der Waals surface area (Å²) in [4.78, 5) is 30.5. The number of carbonyl (C=O) groups is 2. The van der Waals surface area contributed by atoms with E-state index in [1.54, 1.807) is 18.2 Å². The van der Waals surface area contributed by atoms with Crippen molar-refractivity contribution in [1.29, 1.82) is 0 Å². The van der Waals surface area contributed by atoms with Crippen molar-refractivity contribution in [1.82, 2.24) is 4.98 Å². The van der Waals surface area contributed by atoms with Crippen molar-refractivity contribution in [2.24, 2.45) is 11.8 Å². The number of pyridine rings is 1. The average molecular weight is 520 g/mol. The summed E-state index contributed by atoms with van der Waals surface area (Å²) in [7, 11) is 4.60. The number of benzene rings is 2. The van der Waals surface area contributed by atoms with Gasteiger partial charge in [0.05, 0.1) is 33.9 Å². The molecule has 0 N–H and O–H groups in total. The molecule has 10 heteroatoms. The van der Waals surface area contributed by atoms with Crippen molar-refractivity contribution in [2.75, 3.05) is 34.7 Å². The highest BCUT2D eigenvalue weighted by Crippen LogP contribution is 2.56. The summed E-state index contributed by atoms with van der Waals surface area (Å²) in [5.74, 6) is -0.118. The van der Waals surface area contributed by atoms with Crippen LogP contribution in [0.3, 0.4) is 0 Å². The van der Waals surface area contributed by atoms with E-state index in [1.165, 1.54) is 27.5 Å². The van der Waals surface area contributed by atoms with Crippen LogP contribution in [-0.2, 0) is 14.3 Å². The molecule has 3 aromatic rings. The number of aromatic nitrogens is 1. The maximum atomic E-state index is 13.3. The van der Waals surface area contributed by atoms with Crippen LogP contribution in [0, 0.1) is 11.8 Å². The molecule has 0 saturated carbocycles. The minimum atomic E-state index is -0.774. The summed E-state index contributed by atoms with van der Waals surface area (Å²) >= 11 is 0. The summed E-state index contributed by atoms with van der Waals surface area (Å²) < 4.78 is 39.6. The molecule has 0 amide bonds. The predicted octanol–water partition coefficient (Wildman–Crippen LogP) is 3.67. The van der Waals surface area contributed by atoms with Crippen LogP contribution in [0.5, 0.6) is 28.7 Å². The Morgan fingerprint density at radius 1 is 0.921 bits per heavy atom. The Morgan fingerprint density at radius 2 is 1.63 bits per heavy atom. The molecule has 0 spiro atoms. The van der Waals surface area contributed by atoms with Gasteiger partial charge in [0, 0.05) is 23.6 Å². The van der Waals surface area contributed by atoms with Crippen LogP contribution < -0.4 is 23.7 Å². The van der Waals surface area contributed by atoms with E-state index in [0.717, 1.165) is 11.1 Å². The van der Waals surface area contributed by atoms with E-state index in [1.807, 2.05) is 24.3 Å². The van der Waals surface area contributed by atoms with Crippen molar-refractivity contribution in [2.45, 2.75) is 12.0 Å². The molecule has 0 bridgehead atoms. The number of carbonyl (C=O) groups excluding carboxylic acids is 2. The van der Waals surface area contributed by atoms with E-state index in [9.17, 15) is 9.59 Å². The fourth-order valence-corrected chi connectivity index (χ4v) is 5.60. The Bertz CT molecular complexity index is 1380. The summed E-state index contributed by atoms with van der Waals surface area (Å²) in [6.07, 6.45) is 0.748. The van der Waals surface area contributed by atoms with Gasteiger partial charge in [-0.2, -0.15) is 0 Å². The van der Waals surface area contributed by atoms with Crippen molar-refractivity contribution in [3.05, 3.63) is 71.0 Å². The molecular formula is C28H25NO9. The molecule has 3 aliphatic rings. The van der Waals surface area contributed by atoms with Crippen LogP contribution in [0.4, 0.5) is 0 Å². The predicted molar refractivity (Wildman–Crippen MR) is 131 cm³/mol. The average Bonchev–Trinajstić information content (AvgIpc) is 3.57. The molecule has 1 aromatic heterocycles. The molecule has 0 unspecified atom stereocenters. The molecule has 0 radical (unpaired) electrons. The van der Waals surface area contributed by atoms with Crippen LogP contribution in [0.2, 0.25) is 0 Å². The number of nitrogens with zero attached hydrogens (tertiary/aromatic N) is 1. The highest BCUT2D eigenvalue weighted by molar-refractivity contribution is 5.87. The SMILES string of the molecule is COc1cc([C@@H]2c3cc4c(cc3[C@H](OC(=O)c3ccccn3)[C@H]3COC(=O)[C@H]23)OCO4)cc(OC)c1OC. The number of rotatable bonds is 6. The molecule has 1 aliphatic carbocycles. The Morgan fingerprint density at radius 3 is 2.26 bits per heavy atom. The highest BCUT2D eigenvalue weighted by atomic mass is 16.7. The monoisotopic (exact) mass is 519 g/mol. The van der Waals surface area contributed by atoms with Crippen LogP contribution in [-0.4, -0.2) is 51.7 Å². The molecule has 10 nitrogen and oxygen atoms in total. The highest BCUT2D eigenvalue weighted by Gasteiger charge is 2.54. The zero-order valence-electron chi connectivity index (χ0n) is 21.0. The molecular weight excluding hydrogens is 494 g/mol. The van der Waals surface area contributed by atoms with Gasteiger partial charge in [0.25, 0.3) is 0 Å². The summed E-state index contributed by atoms with van der Waals surface area (Å²) in [6, 6.07) is 12.3. The standard InChI is InChI=1S/C28H25NO9/c1-32-21-8-14(9-22(33-2)26(21)34-3)23-15-10-19-20(37-13-36-19)11-16(15)25(17-12-35-28(31)24(17)23)38-27(30)18-6-4-5-7-29-18/h4-11,17,23-25H,12-13H2,1-3H3/t17-,23+,24-,25-/m0/s1. The van der Waals surface area contributed by atoms with Crippen LogP contribution in [0.1, 0.15) is 39.2 Å². The first kappa shape index (κ1) is 23.9. The zero-order valence-corrected chi connectivity index (χ0v) is 21.0. The maximum absolute atomic E-state index is 13.3. The number of hydrogen-bond donors (Lipinski definition) is 0. The zero-order chi connectivity index (χ0) is 26.4. The number of esters is 2. The summed E-state index contributed by atoms with van der Waals surface area (Å²) in [6.45, 7) is 0.166. The Kier molecular flexibility index (Phi) is 5.94. The van der Waals surface area contributed by atoms with Gasteiger partial charge in [-0.1, -0.05) is 6.07 Å². The minimum absolute atomic E-state index is 0.0698. The molecule has 3 heterocycles. The maximum Gasteiger partial charge on any atom is 0.357 e. The molecule has 38 heavy (non-hydrogen) atoms. The largest absolute Gasteiger partial charge is 0.493 e. The van der Waals surface area contributed by atoms with Gasteiger partial charge >= 0.3 is 11.9 Å². The first-order valence-electron chi connectivity index (χ1n) is 12.1. The molecule has 4 atom stereocenters.